The number of thiophene rings is 1. The number of carbonyl (C=O) groups excluding carboxylic acids is 1. The molecule has 2 heterocycles. The Kier molecular flexibility index (Phi) is 3.87. The Bertz CT molecular complexity index is 477. The highest BCUT2D eigenvalue weighted by molar-refractivity contribution is 7.13. The van der Waals surface area contributed by atoms with Crippen molar-refractivity contribution in [2.75, 3.05) is 6.54 Å². The summed E-state index contributed by atoms with van der Waals surface area (Å²) in [6.45, 7) is 2.64. The second kappa shape index (κ2) is 5.58. The smallest absolute Gasteiger partial charge is 0.261 e. The maximum Gasteiger partial charge on any atom is 0.261 e. The standard InChI is InChI=1S/C11H14N4OS/c1-8-4-5-9(17-8)11(16)12-6-2-3-10-13-7-14-15-10/h4-5,7H,2-3,6H2,1H3,(H,12,16)(H,13,14,15). The normalized spacial score (nSPS) is 10.4. The molecule has 90 valence electrons. The van der Waals surface area contributed by atoms with Crippen LogP contribution in [0.25, 0.3) is 0 Å². The average molecular weight is 250 g/mol. The topological polar surface area (TPSA) is 70.7 Å². The average Bonchev–Trinajstić information content (AvgIpc) is 2.95. The van der Waals surface area contributed by atoms with Crippen molar-refractivity contribution >= 4 is 17.2 Å². The van der Waals surface area contributed by atoms with Crippen LogP contribution in [0.4, 0.5) is 0 Å². The van der Waals surface area contributed by atoms with Crippen LogP contribution in [-0.2, 0) is 6.42 Å². The zero-order valence-electron chi connectivity index (χ0n) is 9.56. The minimum atomic E-state index is 0.000620. The third kappa shape index (κ3) is 3.39. The van der Waals surface area contributed by atoms with Crippen LogP contribution in [0.3, 0.4) is 0 Å². The van der Waals surface area contributed by atoms with E-state index in [9.17, 15) is 4.79 Å². The molecule has 0 spiro atoms. The summed E-state index contributed by atoms with van der Waals surface area (Å²) in [5.74, 6) is 0.854. The zero-order valence-corrected chi connectivity index (χ0v) is 10.4. The lowest BCUT2D eigenvalue weighted by atomic mass is 10.3. The third-order valence-corrected chi connectivity index (χ3v) is 3.30. The molecule has 0 atom stereocenters. The van der Waals surface area contributed by atoms with Crippen molar-refractivity contribution in [1.29, 1.82) is 0 Å². The van der Waals surface area contributed by atoms with E-state index in [0.717, 1.165) is 28.4 Å². The molecule has 2 aromatic rings. The lowest BCUT2D eigenvalue weighted by molar-refractivity contribution is 0.0957. The predicted molar refractivity (Wildman–Crippen MR) is 66.1 cm³/mol. The van der Waals surface area contributed by atoms with Gasteiger partial charge in [-0.25, -0.2) is 4.98 Å². The fourth-order valence-corrected chi connectivity index (χ4v) is 2.24. The van der Waals surface area contributed by atoms with E-state index >= 15 is 0 Å². The largest absolute Gasteiger partial charge is 0.351 e. The first-order chi connectivity index (χ1) is 8.25. The molecular formula is C11H14N4OS. The van der Waals surface area contributed by atoms with Crippen LogP contribution in [0.15, 0.2) is 18.5 Å². The zero-order chi connectivity index (χ0) is 12.1. The Morgan fingerprint density at radius 1 is 1.53 bits per heavy atom. The van der Waals surface area contributed by atoms with Gasteiger partial charge in [0.1, 0.15) is 12.2 Å². The number of aryl methyl sites for hydroxylation is 2. The molecule has 2 N–H and O–H groups in total. The molecule has 0 aliphatic carbocycles. The van der Waals surface area contributed by atoms with Crippen LogP contribution in [0.1, 0.15) is 26.8 Å². The van der Waals surface area contributed by atoms with Gasteiger partial charge < -0.3 is 5.32 Å². The molecule has 0 fully saturated rings. The highest BCUT2D eigenvalue weighted by atomic mass is 32.1. The fraction of sp³-hybridized carbons (Fsp3) is 0.364. The van der Waals surface area contributed by atoms with Crippen molar-refractivity contribution in [2.45, 2.75) is 19.8 Å². The second-order valence-corrected chi connectivity index (χ2v) is 4.99. The molecule has 1 amide bonds. The van der Waals surface area contributed by atoms with Crippen LogP contribution in [0, 0.1) is 6.92 Å². The summed E-state index contributed by atoms with van der Waals surface area (Å²) in [6.07, 6.45) is 3.14. The summed E-state index contributed by atoms with van der Waals surface area (Å²) in [7, 11) is 0. The number of H-pyrrole nitrogens is 1. The first-order valence-corrected chi connectivity index (χ1v) is 6.26. The molecule has 0 saturated heterocycles. The van der Waals surface area contributed by atoms with Gasteiger partial charge in [-0.2, -0.15) is 5.10 Å². The number of nitrogens with one attached hydrogen (secondary N) is 2. The Balaban J connectivity index is 1.70. The fourth-order valence-electron chi connectivity index (χ4n) is 1.45. The summed E-state index contributed by atoms with van der Waals surface area (Å²) in [5, 5.41) is 9.44. The van der Waals surface area contributed by atoms with Gasteiger partial charge in [0.05, 0.1) is 4.88 Å². The Morgan fingerprint density at radius 2 is 2.41 bits per heavy atom. The molecule has 2 aromatic heterocycles. The number of hydrogen-bond acceptors (Lipinski definition) is 4. The molecule has 0 bridgehead atoms. The van der Waals surface area contributed by atoms with E-state index in [1.54, 1.807) is 0 Å². The summed E-state index contributed by atoms with van der Waals surface area (Å²) < 4.78 is 0. The quantitative estimate of drug-likeness (QED) is 0.791. The highest BCUT2D eigenvalue weighted by Gasteiger charge is 2.06. The molecule has 17 heavy (non-hydrogen) atoms. The summed E-state index contributed by atoms with van der Waals surface area (Å²) >= 11 is 1.51. The Morgan fingerprint density at radius 3 is 3.06 bits per heavy atom. The Labute approximate surface area is 103 Å². The number of nitrogens with zero attached hydrogens (tertiary/aromatic N) is 2. The van der Waals surface area contributed by atoms with Crippen molar-refractivity contribution in [2.24, 2.45) is 0 Å². The van der Waals surface area contributed by atoms with Crippen molar-refractivity contribution in [3.05, 3.63) is 34.0 Å². The summed E-state index contributed by atoms with van der Waals surface area (Å²) in [4.78, 5) is 17.6. The maximum atomic E-state index is 11.7. The van der Waals surface area contributed by atoms with Gasteiger partial charge in [0.15, 0.2) is 0 Å². The van der Waals surface area contributed by atoms with Crippen molar-refractivity contribution in [3.8, 4) is 0 Å². The highest BCUT2D eigenvalue weighted by Crippen LogP contribution is 2.14. The molecule has 0 unspecified atom stereocenters. The Hall–Kier alpha value is -1.69. The lowest BCUT2D eigenvalue weighted by Crippen LogP contribution is -2.23. The second-order valence-electron chi connectivity index (χ2n) is 3.70. The minimum absolute atomic E-state index is 0.000620. The minimum Gasteiger partial charge on any atom is -0.351 e. The van der Waals surface area contributed by atoms with Gasteiger partial charge in [0.25, 0.3) is 5.91 Å². The van der Waals surface area contributed by atoms with Gasteiger partial charge in [-0.1, -0.05) is 0 Å². The van der Waals surface area contributed by atoms with Gasteiger partial charge in [-0.3, -0.25) is 9.89 Å². The first kappa shape index (κ1) is 11.8. The lowest BCUT2D eigenvalue weighted by Gasteiger charge is -2.01. The molecule has 0 aromatic carbocycles. The number of amides is 1. The van der Waals surface area contributed by atoms with Gasteiger partial charge in [-0.15, -0.1) is 11.3 Å². The monoisotopic (exact) mass is 250 g/mol. The number of hydrogen-bond donors (Lipinski definition) is 2. The van der Waals surface area contributed by atoms with Crippen LogP contribution < -0.4 is 5.32 Å². The van der Waals surface area contributed by atoms with E-state index in [1.807, 2.05) is 19.1 Å². The molecule has 2 rings (SSSR count). The van der Waals surface area contributed by atoms with Crippen molar-refractivity contribution in [1.82, 2.24) is 20.5 Å². The van der Waals surface area contributed by atoms with E-state index in [1.165, 1.54) is 17.7 Å². The third-order valence-electron chi connectivity index (χ3n) is 2.30. The molecule has 0 saturated carbocycles. The number of aromatic amines is 1. The van der Waals surface area contributed by atoms with Gasteiger partial charge in [0.2, 0.25) is 0 Å². The SMILES string of the molecule is Cc1ccc(C(=O)NCCCc2ncn[nH]2)s1. The molecule has 6 heteroatoms. The summed E-state index contributed by atoms with van der Waals surface area (Å²) in [6, 6.07) is 3.81. The van der Waals surface area contributed by atoms with Gasteiger partial charge >= 0.3 is 0 Å². The predicted octanol–water partition coefficient (Wildman–Crippen LogP) is 1.54. The van der Waals surface area contributed by atoms with Crippen LogP contribution in [0.2, 0.25) is 0 Å². The number of carbonyl (C=O) groups is 1. The van der Waals surface area contributed by atoms with Gasteiger partial charge in [-0.05, 0) is 25.5 Å². The van der Waals surface area contributed by atoms with E-state index in [2.05, 4.69) is 20.5 Å². The van der Waals surface area contributed by atoms with E-state index in [4.69, 9.17) is 0 Å². The van der Waals surface area contributed by atoms with E-state index in [-0.39, 0.29) is 5.91 Å². The molecule has 0 aliphatic rings. The van der Waals surface area contributed by atoms with Crippen LogP contribution >= 0.6 is 11.3 Å². The van der Waals surface area contributed by atoms with E-state index in [0.29, 0.717) is 6.54 Å². The summed E-state index contributed by atoms with van der Waals surface area (Å²) in [5.41, 5.74) is 0. The van der Waals surface area contributed by atoms with Crippen LogP contribution in [-0.4, -0.2) is 27.6 Å². The van der Waals surface area contributed by atoms with E-state index < -0.39 is 0 Å². The molecule has 0 radical (unpaired) electrons. The molecule has 5 nitrogen and oxygen atoms in total. The maximum absolute atomic E-state index is 11.7. The molecular weight excluding hydrogens is 236 g/mol. The first-order valence-electron chi connectivity index (χ1n) is 5.44. The van der Waals surface area contributed by atoms with Gasteiger partial charge in [0, 0.05) is 17.8 Å². The van der Waals surface area contributed by atoms with Crippen molar-refractivity contribution < 1.29 is 4.79 Å². The van der Waals surface area contributed by atoms with Crippen molar-refractivity contribution in [3.63, 3.8) is 0 Å². The number of aromatic nitrogens is 3. The number of rotatable bonds is 5. The molecule has 0 aliphatic heterocycles. The van der Waals surface area contributed by atoms with Crippen LogP contribution in [0.5, 0.6) is 0 Å².